The van der Waals surface area contributed by atoms with E-state index in [0.29, 0.717) is 19.3 Å². The molecule has 0 spiro atoms. The first-order valence-electron chi connectivity index (χ1n) is 9.37. The molecule has 1 aromatic carbocycles. The van der Waals surface area contributed by atoms with Crippen LogP contribution in [0.5, 0.6) is 5.75 Å². The summed E-state index contributed by atoms with van der Waals surface area (Å²) in [5.41, 5.74) is 2.74. The van der Waals surface area contributed by atoms with E-state index < -0.39 is 0 Å². The molecule has 5 heteroatoms. The van der Waals surface area contributed by atoms with Crippen LogP contribution in [0.3, 0.4) is 0 Å². The zero-order valence-corrected chi connectivity index (χ0v) is 16.3. The van der Waals surface area contributed by atoms with Crippen LogP contribution in [-0.2, 0) is 9.59 Å². The number of hydrogen-bond donors (Lipinski definition) is 1. The number of ketones is 1. The first-order valence-corrected chi connectivity index (χ1v) is 10.3. The maximum atomic E-state index is 13.0. The molecule has 140 valence electrons. The lowest BCUT2D eigenvalue weighted by molar-refractivity contribution is -0.122. The lowest BCUT2D eigenvalue weighted by Crippen LogP contribution is -2.37. The average Bonchev–Trinajstić information content (AvgIpc) is 3.15. The molecule has 2 atom stereocenters. The predicted molar refractivity (Wildman–Crippen MR) is 106 cm³/mol. The largest absolute Gasteiger partial charge is 0.491 e. The highest BCUT2D eigenvalue weighted by molar-refractivity contribution is 7.10. The lowest BCUT2D eigenvalue weighted by Gasteiger charge is -2.34. The Bertz CT molecular complexity index is 881. The maximum Gasteiger partial charge on any atom is 0.225 e. The SMILES string of the molecule is CC(C)Oc1ccc(C2CC(=O)C3=C(C2)NC(=O)CC3c2cccs2)cc1. The van der Waals surface area contributed by atoms with Crippen molar-refractivity contribution in [3.63, 3.8) is 0 Å². The molecule has 1 aromatic heterocycles. The standard InChI is InChI=1S/C22H23NO3S/c1-13(2)26-16-7-5-14(6-8-16)15-10-18-22(19(24)11-15)17(12-21(25)23-18)20-4-3-9-27-20/h3-9,13,15,17H,10-12H2,1-2H3,(H,23,25). The number of thiophene rings is 1. The van der Waals surface area contributed by atoms with Crippen molar-refractivity contribution in [2.24, 2.45) is 0 Å². The van der Waals surface area contributed by atoms with E-state index in [0.717, 1.165) is 27.5 Å². The lowest BCUT2D eigenvalue weighted by atomic mass is 9.75. The van der Waals surface area contributed by atoms with Gasteiger partial charge in [0.15, 0.2) is 5.78 Å². The van der Waals surface area contributed by atoms with Crippen molar-refractivity contribution in [3.05, 3.63) is 63.5 Å². The number of carbonyl (C=O) groups is 2. The third kappa shape index (κ3) is 3.69. The van der Waals surface area contributed by atoms with Gasteiger partial charge in [-0.1, -0.05) is 18.2 Å². The van der Waals surface area contributed by atoms with Gasteiger partial charge in [0.2, 0.25) is 5.91 Å². The van der Waals surface area contributed by atoms with Gasteiger partial charge in [-0.25, -0.2) is 0 Å². The molecule has 2 aromatic rings. The highest BCUT2D eigenvalue weighted by Crippen LogP contribution is 2.43. The number of amides is 1. The minimum atomic E-state index is -0.0935. The molecule has 1 aliphatic carbocycles. The normalized spacial score (nSPS) is 22.6. The number of ether oxygens (including phenoxy) is 1. The minimum absolute atomic E-state index is 0.00119. The maximum absolute atomic E-state index is 13.0. The Kier molecular flexibility index (Phi) is 4.87. The molecule has 4 rings (SSSR count). The van der Waals surface area contributed by atoms with E-state index in [2.05, 4.69) is 5.32 Å². The minimum Gasteiger partial charge on any atom is -0.491 e. The van der Waals surface area contributed by atoms with Gasteiger partial charge < -0.3 is 10.1 Å². The van der Waals surface area contributed by atoms with Crippen LogP contribution in [0.25, 0.3) is 0 Å². The Morgan fingerprint density at radius 1 is 1.07 bits per heavy atom. The summed E-state index contributed by atoms with van der Waals surface area (Å²) in [4.78, 5) is 26.4. The third-order valence-corrected chi connectivity index (χ3v) is 6.13. The van der Waals surface area contributed by atoms with Gasteiger partial charge in [0.05, 0.1) is 6.10 Å². The van der Waals surface area contributed by atoms with Crippen molar-refractivity contribution in [2.75, 3.05) is 0 Å². The van der Waals surface area contributed by atoms with Gasteiger partial charge >= 0.3 is 0 Å². The second-order valence-corrected chi connectivity index (χ2v) is 8.46. The topological polar surface area (TPSA) is 55.4 Å². The summed E-state index contributed by atoms with van der Waals surface area (Å²) in [7, 11) is 0. The molecule has 0 radical (unpaired) electrons. The second-order valence-electron chi connectivity index (χ2n) is 7.48. The van der Waals surface area contributed by atoms with Gasteiger partial charge in [0.1, 0.15) is 5.75 Å². The van der Waals surface area contributed by atoms with Crippen molar-refractivity contribution >= 4 is 23.0 Å². The fourth-order valence-electron chi connectivity index (χ4n) is 4.02. The van der Waals surface area contributed by atoms with Crippen molar-refractivity contribution < 1.29 is 14.3 Å². The van der Waals surface area contributed by atoms with Crippen molar-refractivity contribution in [3.8, 4) is 5.75 Å². The smallest absolute Gasteiger partial charge is 0.225 e. The molecule has 1 aliphatic heterocycles. The Hall–Kier alpha value is -2.40. The average molecular weight is 381 g/mol. The molecule has 2 unspecified atom stereocenters. The van der Waals surface area contributed by atoms with Gasteiger partial charge in [0, 0.05) is 34.9 Å². The van der Waals surface area contributed by atoms with Crippen LogP contribution in [-0.4, -0.2) is 17.8 Å². The van der Waals surface area contributed by atoms with Gasteiger partial charge in [-0.05, 0) is 55.3 Å². The van der Waals surface area contributed by atoms with Gasteiger partial charge in [0.25, 0.3) is 0 Å². The number of benzene rings is 1. The second kappa shape index (κ2) is 7.31. The molecule has 4 nitrogen and oxygen atoms in total. The number of rotatable bonds is 4. The van der Waals surface area contributed by atoms with E-state index in [-0.39, 0.29) is 29.6 Å². The molecule has 0 saturated carbocycles. The number of Topliss-reactive ketones (excluding diaryl/α,β-unsaturated/α-hetero) is 1. The highest BCUT2D eigenvalue weighted by atomic mass is 32.1. The summed E-state index contributed by atoms with van der Waals surface area (Å²) >= 11 is 1.61. The number of nitrogens with one attached hydrogen (secondary N) is 1. The van der Waals surface area contributed by atoms with Crippen LogP contribution in [0.15, 0.2) is 53.0 Å². The summed E-state index contributed by atoms with van der Waals surface area (Å²) in [6.45, 7) is 4.00. The first-order chi connectivity index (χ1) is 13.0. The van der Waals surface area contributed by atoms with E-state index in [1.165, 1.54) is 0 Å². The first kappa shape index (κ1) is 18.0. The van der Waals surface area contributed by atoms with E-state index >= 15 is 0 Å². The number of carbonyl (C=O) groups excluding carboxylic acids is 2. The van der Waals surface area contributed by atoms with Gasteiger partial charge in [-0.3, -0.25) is 9.59 Å². The van der Waals surface area contributed by atoms with Crippen LogP contribution >= 0.6 is 11.3 Å². The summed E-state index contributed by atoms with van der Waals surface area (Å²) in [5.74, 6) is 0.985. The fourth-order valence-corrected chi connectivity index (χ4v) is 4.86. The van der Waals surface area contributed by atoms with Crippen LogP contribution in [0.1, 0.15) is 55.4 Å². The quantitative estimate of drug-likeness (QED) is 0.846. The van der Waals surface area contributed by atoms with Crippen molar-refractivity contribution in [1.29, 1.82) is 0 Å². The summed E-state index contributed by atoms with van der Waals surface area (Å²) < 4.78 is 5.70. The van der Waals surface area contributed by atoms with E-state index in [1.54, 1.807) is 11.3 Å². The molecule has 2 aliphatic rings. The number of allylic oxidation sites excluding steroid dienone is 2. The molecule has 0 saturated heterocycles. The van der Waals surface area contributed by atoms with Crippen LogP contribution < -0.4 is 10.1 Å². The Balaban J connectivity index is 1.60. The molecular formula is C22H23NO3S. The Morgan fingerprint density at radius 2 is 1.85 bits per heavy atom. The molecule has 2 heterocycles. The summed E-state index contributed by atoms with van der Waals surface area (Å²) in [6, 6.07) is 12.0. The fraction of sp³-hybridized carbons (Fsp3) is 0.364. The predicted octanol–water partition coefficient (Wildman–Crippen LogP) is 4.54. The zero-order valence-electron chi connectivity index (χ0n) is 15.5. The third-order valence-electron chi connectivity index (χ3n) is 5.15. The van der Waals surface area contributed by atoms with E-state index in [1.807, 2.05) is 55.6 Å². The number of hydrogen-bond acceptors (Lipinski definition) is 4. The molecule has 27 heavy (non-hydrogen) atoms. The summed E-state index contributed by atoms with van der Waals surface area (Å²) in [5, 5.41) is 4.98. The monoisotopic (exact) mass is 381 g/mol. The van der Waals surface area contributed by atoms with Crippen molar-refractivity contribution in [2.45, 2.75) is 51.0 Å². The highest BCUT2D eigenvalue weighted by Gasteiger charge is 2.38. The van der Waals surface area contributed by atoms with Gasteiger partial charge in [-0.2, -0.15) is 0 Å². The molecular weight excluding hydrogens is 358 g/mol. The van der Waals surface area contributed by atoms with Crippen LogP contribution in [0.4, 0.5) is 0 Å². The zero-order chi connectivity index (χ0) is 19.0. The van der Waals surface area contributed by atoms with E-state index in [9.17, 15) is 9.59 Å². The van der Waals surface area contributed by atoms with Gasteiger partial charge in [-0.15, -0.1) is 11.3 Å². The van der Waals surface area contributed by atoms with Crippen molar-refractivity contribution in [1.82, 2.24) is 5.32 Å². The van der Waals surface area contributed by atoms with Crippen LogP contribution in [0, 0.1) is 0 Å². The molecule has 1 amide bonds. The Morgan fingerprint density at radius 3 is 2.52 bits per heavy atom. The summed E-state index contributed by atoms with van der Waals surface area (Å²) in [6.07, 6.45) is 1.67. The molecule has 0 fully saturated rings. The molecule has 0 bridgehead atoms. The van der Waals surface area contributed by atoms with Crippen LogP contribution in [0.2, 0.25) is 0 Å². The Labute approximate surface area is 163 Å². The van der Waals surface area contributed by atoms with E-state index in [4.69, 9.17) is 4.74 Å². The molecule has 1 N–H and O–H groups in total.